The molecule has 1 N–H and O–H groups in total. The second kappa shape index (κ2) is 6.53. The van der Waals surface area contributed by atoms with Gasteiger partial charge in [0.2, 0.25) is 0 Å². The van der Waals surface area contributed by atoms with Gasteiger partial charge >= 0.3 is 0 Å². The summed E-state index contributed by atoms with van der Waals surface area (Å²) in [7, 11) is 0. The molecule has 98 valence electrons. The van der Waals surface area contributed by atoms with E-state index < -0.39 is 0 Å². The Morgan fingerprint density at radius 1 is 1.53 bits per heavy atom. The largest absolute Gasteiger partial charge is 0.373 e. The molecular formula is C14H26N2O. The minimum absolute atomic E-state index is 0.311. The first-order valence-electron chi connectivity index (χ1n) is 6.98. The van der Waals surface area contributed by atoms with Crippen LogP contribution >= 0.6 is 0 Å². The predicted octanol–water partition coefficient (Wildman–Crippen LogP) is 1.65. The fraction of sp³-hybridized carbons (Fsp3) is 0.857. The van der Waals surface area contributed by atoms with Crippen molar-refractivity contribution in [2.24, 2.45) is 5.92 Å². The third kappa shape index (κ3) is 4.41. The van der Waals surface area contributed by atoms with E-state index in [-0.39, 0.29) is 0 Å². The monoisotopic (exact) mass is 238 g/mol. The zero-order chi connectivity index (χ0) is 12.1. The minimum Gasteiger partial charge on any atom is -0.373 e. The van der Waals surface area contributed by atoms with Crippen molar-refractivity contribution in [3.63, 3.8) is 0 Å². The Labute approximate surface area is 105 Å². The van der Waals surface area contributed by atoms with Crippen LogP contribution in [0, 0.1) is 5.92 Å². The van der Waals surface area contributed by atoms with Gasteiger partial charge in [0.05, 0.1) is 12.7 Å². The number of ether oxygens (including phenoxy) is 1. The molecule has 0 bridgehead atoms. The van der Waals surface area contributed by atoms with Gasteiger partial charge in [-0.3, -0.25) is 4.90 Å². The van der Waals surface area contributed by atoms with Crippen LogP contribution in [0.1, 0.15) is 26.2 Å². The number of rotatable bonds is 6. The van der Waals surface area contributed by atoms with Gasteiger partial charge in [0.25, 0.3) is 0 Å². The number of nitrogens with zero attached hydrogens (tertiary/aromatic N) is 1. The molecule has 3 nitrogen and oxygen atoms in total. The lowest BCUT2D eigenvalue weighted by Crippen LogP contribution is -2.41. The Hall–Kier alpha value is -0.380. The molecule has 0 aromatic carbocycles. The fourth-order valence-electron chi connectivity index (χ4n) is 2.65. The van der Waals surface area contributed by atoms with E-state index in [1.54, 1.807) is 0 Å². The highest BCUT2D eigenvalue weighted by Gasteiger charge is 2.33. The van der Waals surface area contributed by atoms with E-state index in [9.17, 15) is 0 Å². The highest BCUT2D eigenvalue weighted by Crippen LogP contribution is 2.33. The van der Waals surface area contributed by atoms with E-state index in [1.807, 2.05) is 6.08 Å². The van der Waals surface area contributed by atoms with Crippen LogP contribution in [0.5, 0.6) is 0 Å². The normalized spacial score (nSPS) is 28.6. The van der Waals surface area contributed by atoms with Gasteiger partial charge < -0.3 is 10.1 Å². The maximum Gasteiger partial charge on any atom is 0.0678 e. The van der Waals surface area contributed by atoms with Crippen molar-refractivity contribution in [3.05, 3.63) is 12.7 Å². The van der Waals surface area contributed by atoms with Crippen LogP contribution < -0.4 is 5.32 Å². The highest BCUT2D eigenvalue weighted by atomic mass is 16.5. The molecule has 2 rings (SSSR count). The van der Waals surface area contributed by atoms with E-state index in [2.05, 4.69) is 23.7 Å². The maximum atomic E-state index is 5.67. The summed E-state index contributed by atoms with van der Waals surface area (Å²) >= 11 is 0. The molecular weight excluding hydrogens is 212 g/mol. The molecule has 2 atom stereocenters. The average Bonchev–Trinajstić information content (AvgIpc) is 3.12. The molecule has 0 aromatic heterocycles. The smallest absolute Gasteiger partial charge is 0.0678 e. The van der Waals surface area contributed by atoms with E-state index in [4.69, 9.17) is 4.74 Å². The lowest BCUT2D eigenvalue weighted by molar-refractivity contribution is 0.0539. The second-order valence-corrected chi connectivity index (χ2v) is 5.44. The van der Waals surface area contributed by atoms with E-state index >= 15 is 0 Å². The van der Waals surface area contributed by atoms with Crippen molar-refractivity contribution < 1.29 is 4.74 Å². The molecule has 3 heteroatoms. The fourth-order valence-corrected chi connectivity index (χ4v) is 2.65. The quantitative estimate of drug-likeness (QED) is 0.712. The van der Waals surface area contributed by atoms with Crippen LogP contribution in [0.4, 0.5) is 0 Å². The summed E-state index contributed by atoms with van der Waals surface area (Å²) in [4.78, 5) is 2.57. The standard InChI is InChI=1S/C14H26N2O/c1-3-9-17-12(2)10-16-8-4-7-15-14(11-16)13-5-6-13/h3,12-15H,1,4-11H2,2H3. The summed E-state index contributed by atoms with van der Waals surface area (Å²) in [6, 6.07) is 0.726. The van der Waals surface area contributed by atoms with Gasteiger partial charge in [-0.1, -0.05) is 6.08 Å². The Kier molecular flexibility index (Phi) is 5.01. The van der Waals surface area contributed by atoms with Crippen molar-refractivity contribution in [1.82, 2.24) is 10.2 Å². The van der Waals surface area contributed by atoms with E-state index in [0.29, 0.717) is 12.7 Å². The van der Waals surface area contributed by atoms with Gasteiger partial charge in [0.15, 0.2) is 0 Å². The summed E-state index contributed by atoms with van der Waals surface area (Å²) in [5, 5.41) is 3.69. The van der Waals surface area contributed by atoms with E-state index in [1.165, 1.54) is 38.9 Å². The first-order chi connectivity index (χ1) is 8.29. The van der Waals surface area contributed by atoms with Crippen LogP contribution in [0.3, 0.4) is 0 Å². The lowest BCUT2D eigenvalue weighted by Gasteiger charge is -2.27. The SMILES string of the molecule is C=CCOC(C)CN1CCCNC(C2CC2)C1. The first-order valence-corrected chi connectivity index (χ1v) is 6.98. The Morgan fingerprint density at radius 3 is 3.06 bits per heavy atom. The summed E-state index contributed by atoms with van der Waals surface area (Å²) < 4.78 is 5.67. The summed E-state index contributed by atoms with van der Waals surface area (Å²) in [6.07, 6.45) is 6.25. The molecule has 1 saturated heterocycles. The van der Waals surface area contributed by atoms with Crippen LogP contribution in [0.25, 0.3) is 0 Å². The van der Waals surface area contributed by atoms with Gasteiger partial charge in [-0.05, 0) is 45.2 Å². The van der Waals surface area contributed by atoms with Gasteiger partial charge in [-0.2, -0.15) is 0 Å². The van der Waals surface area contributed by atoms with Crippen LogP contribution in [0.2, 0.25) is 0 Å². The summed E-state index contributed by atoms with van der Waals surface area (Å²) in [5.41, 5.74) is 0. The molecule has 1 aliphatic carbocycles. The second-order valence-electron chi connectivity index (χ2n) is 5.44. The van der Waals surface area contributed by atoms with Gasteiger partial charge in [-0.25, -0.2) is 0 Å². The van der Waals surface area contributed by atoms with E-state index in [0.717, 1.165) is 18.5 Å². The topological polar surface area (TPSA) is 24.5 Å². The van der Waals surface area contributed by atoms with Crippen molar-refractivity contribution in [3.8, 4) is 0 Å². The lowest BCUT2D eigenvalue weighted by atomic mass is 10.2. The van der Waals surface area contributed by atoms with Crippen molar-refractivity contribution >= 4 is 0 Å². The molecule has 2 unspecified atom stereocenters. The predicted molar refractivity (Wildman–Crippen MR) is 71.2 cm³/mol. The summed E-state index contributed by atoms with van der Waals surface area (Å²) in [6.45, 7) is 11.2. The van der Waals surface area contributed by atoms with Gasteiger partial charge in [-0.15, -0.1) is 6.58 Å². The molecule has 17 heavy (non-hydrogen) atoms. The Balaban J connectivity index is 1.75. The van der Waals surface area contributed by atoms with Crippen LogP contribution in [0.15, 0.2) is 12.7 Å². The van der Waals surface area contributed by atoms with Crippen molar-refractivity contribution in [2.45, 2.75) is 38.3 Å². The molecule has 0 amide bonds. The molecule has 2 fully saturated rings. The number of nitrogens with one attached hydrogen (secondary N) is 1. The molecule has 0 spiro atoms. The van der Waals surface area contributed by atoms with Crippen LogP contribution in [-0.2, 0) is 4.74 Å². The molecule has 1 saturated carbocycles. The molecule has 0 aromatic rings. The molecule has 2 aliphatic rings. The highest BCUT2D eigenvalue weighted by molar-refractivity contribution is 4.90. The zero-order valence-electron chi connectivity index (χ0n) is 11.0. The Bertz CT molecular complexity index is 240. The number of hydrogen-bond acceptors (Lipinski definition) is 3. The molecule has 1 heterocycles. The van der Waals surface area contributed by atoms with Gasteiger partial charge in [0.1, 0.15) is 0 Å². The first kappa shape index (κ1) is 13.1. The molecule has 0 radical (unpaired) electrons. The Morgan fingerprint density at radius 2 is 2.35 bits per heavy atom. The van der Waals surface area contributed by atoms with Crippen molar-refractivity contribution in [1.29, 1.82) is 0 Å². The molecule has 1 aliphatic heterocycles. The third-order valence-electron chi connectivity index (χ3n) is 3.72. The average molecular weight is 238 g/mol. The van der Waals surface area contributed by atoms with Crippen LogP contribution in [-0.4, -0.2) is 49.8 Å². The third-order valence-corrected chi connectivity index (χ3v) is 3.72. The van der Waals surface area contributed by atoms with Gasteiger partial charge in [0, 0.05) is 19.1 Å². The zero-order valence-corrected chi connectivity index (χ0v) is 11.0. The van der Waals surface area contributed by atoms with Crippen molar-refractivity contribution in [2.75, 3.05) is 32.8 Å². The summed E-state index contributed by atoms with van der Waals surface area (Å²) in [5.74, 6) is 0.944. The number of hydrogen-bond donors (Lipinski definition) is 1. The maximum absolute atomic E-state index is 5.67. The minimum atomic E-state index is 0.311.